The predicted octanol–water partition coefficient (Wildman–Crippen LogP) is 3.91. The van der Waals surface area contributed by atoms with Crippen LogP contribution in [0.2, 0.25) is 10.0 Å². The van der Waals surface area contributed by atoms with Crippen LogP contribution in [0.5, 0.6) is 0 Å². The molecule has 0 radical (unpaired) electrons. The molecule has 1 amide bonds. The average molecular weight is 337 g/mol. The van der Waals surface area contributed by atoms with E-state index in [-0.39, 0.29) is 24.4 Å². The van der Waals surface area contributed by atoms with Gasteiger partial charge in [-0.05, 0) is 30.2 Å². The lowest BCUT2D eigenvalue weighted by atomic mass is 9.97. The first kappa shape index (κ1) is 16.8. The molecule has 2 aromatic rings. The van der Waals surface area contributed by atoms with Gasteiger partial charge in [-0.1, -0.05) is 59.6 Å². The molecule has 0 heterocycles. The van der Waals surface area contributed by atoms with E-state index in [4.69, 9.17) is 28.9 Å². The van der Waals surface area contributed by atoms with Crippen molar-refractivity contribution in [2.24, 2.45) is 5.73 Å². The van der Waals surface area contributed by atoms with Crippen molar-refractivity contribution in [1.82, 2.24) is 5.32 Å². The summed E-state index contributed by atoms with van der Waals surface area (Å²) in [6.45, 7) is 2.13. The standard InChI is InChI=1S/C17H18Cl2N2O/c1-11(14-8-7-13(18)9-16(14)19)21-17(22)15(10-20)12-5-3-2-4-6-12/h2-9,11,15H,10,20H2,1H3,(H,21,22)/t11-,15+/m1/s1. The number of nitrogens with one attached hydrogen (secondary N) is 1. The van der Waals surface area contributed by atoms with Gasteiger partial charge in [-0.25, -0.2) is 0 Å². The van der Waals surface area contributed by atoms with Crippen molar-refractivity contribution in [1.29, 1.82) is 0 Å². The van der Waals surface area contributed by atoms with Crippen molar-refractivity contribution in [2.45, 2.75) is 18.9 Å². The van der Waals surface area contributed by atoms with Gasteiger partial charge in [0.2, 0.25) is 5.91 Å². The van der Waals surface area contributed by atoms with Gasteiger partial charge in [0.05, 0.1) is 12.0 Å². The summed E-state index contributed by atoms with van der Waals surface area (Å²) in [5.41, 5.74) is 7.49. The number of benzene rings is 2. The van der Waals surface area contributed by atoms with E-state index in [9.17, 15) is 4.79 Å². The second-order valence-corrected chi connectivity index (χ2v) is 5.94. The first-order valence-electron chi connectivity index (χ1n) is 7.03. The number of carbonyl (C=O) groups excluding carboxylic acids is 1. The van der Waals surface area contributed by atoms with Gasteiger partial charge in [-0.2, -0.15) is 0 Å². The molecule has 116 valence electrons. The van der Waals surface area contributed by atoms with Gasteiger partial charge < -0.3 is 11.1 Å². The average Bonchev–Trinajstić information content (AvgIpc) is 2.48. The predicted molar refractivity (Wildman–Crippen MR) is 91.3 cm³/mol. The highest BCUT2D eigenvalue weighted by atomic mass is 35.5. The van der Waals surface area contributed by atoms with Crippen molar-refractivity contribution in [3.05, 3.63) is 69.7 Å². The van der Waals surface area contributed by atoms with Crippen LogP contribution >= 0.6 is 23.2 Å². The van der Waals surface area contributed by atoms with Crippen LogP contribution in [0, 0.1) is 0 Å². The van der Waals surface area contributed by atoms with Crippen LogP contribution in [0.25, 0.3) is 0 Å². The van der Waals surface area contributed by atoms with Crippen LogP contribution < -0.4 is 11.1 Å². The molecule has 22 heavy (non-hydrogen) atoms. The number of carbonyl (C=O) groups is 1. The molecule has 5 heteroatoms. The van der Waals surface area contributed by atoms with E-state index in [0.717, 1.165) is 11.1 Å². The maximum absolute atomic E-state index is 12.5. The van der Waals surface area contributed by atoms with Crippen LogP contribution in [-0.4, -0.2) is 12.5 Å². The summed E-state index contributed by atoms with van der Waals surface area (Å²) in [4.78, 5) is 12.5. The smallest absolute Gasteiger partial charge is 0.229 e. The summed E-state index contributed by atoms with van der Waals surface area (Å²) in [5.74, 6) is -0.498. The highest BCUT2D eigenvalue weighted by molar-refractivity contribution is 6.35. The van der Waals surface area contributed by atoms with E-state index >= 15 is 0 Å². The summed E-state index contributed by atoms with van der Waals surface area (Å²) >= 11 is 12.1. The summed E-state index contributed by atoms with van der Waals surface area (Å²) in [6.07, 6.45) is 0. The molecule has 3 nitrogen and oxygen atoms in total. The van der Waals surface area contributed by atoms with Gasteiger partial charge in [-0.3, -0.25) is 4.79 Å². The largest absolute Gasteiger partial charge is 0.349 e. The van der Waals surface area contributed by atoms with Gasteiger partial charge in [0, 0.05) is 16.6 Å². The van der Waals surface area contributed by atoms with Crippen LogP contribution in [0.3, 0.4) is 0 Å². The Morgan fingerprint density at radius 2 is 1.86 bits per heavy atom. The highest BCUT2D eigenvalue weighted by Crippen LogP contribution is 2.26. The van der Waals surface area contributed by atoms with Crippen molar-refractivity contribution < 1.29 is 4.79 Å². The fourth-order valence-electron chi connectivity index (χ4n) is 2.32. The van der Waals surface area contributed by atoms with Gasteiger partial charge in [0.25, 0.3) is 0 Å². The fourth-order valence-corrected chi connectivity index (χ4v) is 2.90. The van der Waals surface area contributed by atoms with Crippen LogP contribution in [0.1, 0.15) is 30.0 Å². The van der Waals surface area contributed by atoms with Crippen molar-refractivity contribution >= 4 is 29.1 Å². The number of halogens is 2. The molecule has 0 aliphatic rings. The monoisotopic (exact) mass is 336 g/mol. The lowest BCUT2D eigenvalue weighted by Crippen LogP contribution is -2.35. The molecule has 0 aliphatic heterocycles. The third-order valence-corrected chi connectivity index (χ3v) is 4.10. The Labute approximate surface area is 140 Å². The van der Waals surface area contributed by atoms with E-state index in [0.29, 0.717) is 10.0 Å². The molecule has 0 saturated heterocycles. The molecule has 0 unspecified atom stereocenters. The number of nitrogens with two attached hydrogens (primary N) is 1. The van der Waals surface area contributed by atoms with E-state index in [1.807, 2.05) is 43.3 Å². The summed E-state index contributed by atoms with van der Waals surface area (Å²) in [7, 11) is 0. The van der Waals surface area contributed by atoms with Gasteiger partial charge in [-0.15, -0.1) is 0 Å². The molecule has 0 spiro atoms. The maximum Gasteiger partial charge on any atom is 0.229 e. The molecule has 0 aliphatic carbocycles. The number of hydrogen-bond donors (Lipinski definition) is 2. The molecule has 0 saturated carbocycles. The maximum atomic E-state index is 12.5. The van der Waals surface area contributed by atoms with Crippen molar-refractivity contribution in [3.8, 4) is 0 Å². The summed E-state index contributed by atoms with van der Waals surface area (Å²) in [5, 5.41) is 4.06. The zero-order valence-electron chi connectivity index (χ0n) is 12.2. The first-order chi connectivity index (χ1) is 10.5. The Morgan fingerprint density at radius 3 is 2.45 bits per heavy atom. The Bertz CT molecular complexity index is 646. The molecule has 2 atom stereocenters. The normalized spacial score (nSPS) is 13.5. The second kappa shape index (κ2) is 7.63. The zero-order valence-corrected chi connectivity index (χ0v) is 13.7. The number of hydrogen-bond acceptors (Lipinski definition) is 2. The topological polar surface area (TPSA) is 55.1 Å². The van der Waals surface area contributed by atoms with Crippen molar-refractivity contribution in [2.75, 3.05) is 6.54 Å². The molecule has 3 N–H and O–H groups in total. The van der Waals surface area contributed by atoms with E-state index in [1.54, 1.807) is 12.1 Å². The Balaban J connectivity index is 2.13. The molecular weight excluding hydrogens is 319 g/mol. The summed E-state index contributed by atoms with van der Waals surface area (Å²) < 4.78 is 0. The van der Waals surface area contributed by atoms with Crippen LogP contribution in [-0.2, 0) is 4.79 Å². The molecule has 2 rings (SSSR count). The summed E-state index contributed by atoms with van der Waals surface area (Å²) in [6, 6.07) is 14.5. The van der Waals surface area contributed by atoms with Crippen LogP contribution in [0.15, 0.2) is 48.5 Å². The quantitative estimate of drug-likeness (QED) is 0.869. The van der Waals surface area contributed by atoms with E-state index in [1.165, 1.54) is 0 Å². The number of amides is 1. The zero-order chi connectivity index (χ0) is 16.1. The molecule has 0 fully saturated rings. The van der Waals surface area contributed by atoms with Gasteiger partial charge in [0.1, 0.15) is 0 Å². The lowest BCUT2D eigenvalue weighted by Gasteiger charge is -2.20. The minimum Gasteiger partial charge on any atom is -0.349 e. The molecule has 2 aromatic carbocycles. The molecule has 0 bridgehead atoms. The highest BCUT2D eigenvalue weighted by Gasteiger charge is 2.21. The van der Waals surface area contributed by atoms with Gasteiger partial charge >= 0.3 is 0 Å². The molecular formula is C17H18Cl2N2O. The van der Waals surface area contributed by atoms with E-state index in [2.05, 4.69) is 5.32 Å². The third-order valence-electron chi connectivity index (χ3n) is 3.54. The van der Waals surface area contributed by atoms with Gasteiger partial charge in [0.15, 0.2) is 0 Å². The Morgan fingerprint density at radius 1 is 1.18 bits per heavy atom. The minimum atomic E-state index is -0.380. The lowest BCUT2D eigenvalue weighted by molar-refractivity contribution is -0.123. The van der Waals surface area contributed by atoms with Crippen LogP contribution in [0.4, 0.5) is 0 Å². The van der Waals surface area contributed by atoms with Crippen molar-refractivity contribution in [3.63, 3.8) is 0 Å². The minimum absolute atomic E-state index is 0.118. The number of rotatable bonds is 5. The Kier molecular flexibility index (Phi) is 5.83. The molecule has 0 aromatic heterocycles. The first-order valence-corrected chi connectivity index (χ1v) is 7.79. The third kappa shape index (κ3) is 4.01. The second-order valence-electron chi connectivity index (χ2n) is 5.10. The van der Waals surface area contributed by atoms with E-state index < -0.39 is 0 Å². The Hall–Kier alpha value is -1.55. The SMILES string of the molecule is C[C@@H](NC(=O)[C@@H](CN)c1ccccc1)c1ccc(Cl)cc1Cl. The fraction of sp³-hybridized carbons (Fsp3) is 0.235.